The molecule has 0 aliphatic heterocycles. The van der Waals surface area contributed by atoms with Crippen molar-refractivity contribution >= 4 is 28.5 Å². The Hall–Kier alpha value is -3.21. The van der Waals surface area contributed by atoms with Gasteiger partial charge in [0.15, 0.2) is 0 Å². The van der Waals surface area contributed by atoms with Gasteiger partial charge >= 0.3 is 6.03 Å². The molecule has 0 saturated carbocycles. The van der Waals surface area contributed by atoms with Gasteiger partial charge in [0, 0.05) is 11.8 Å². The second kappa shape index (κ2) is 7.57. The van der Waals surface area contributed by atoms with Gasteiger partial charge in [0.1, 0.15) is 0 Å². The Morgan fingerprint density at radius 3 is 2.48 bits per heavy atom. The minimum Gasteiger partial charge on any atom is -0.351 e. The van der Waals surface area contributed by atoms with Crippen molar-refractivity contribution in [3.8, 4) is 0 Å². The maximum Gasteiger partial charge on any atom is 0.326 e. The van der Waals surface area contributed by atoms with Crippen molar-refractivity contribution in [2.24, 2.45) is 5.73 Å². The fourth-order valence-electron chi connectivity index (χ4n) is 2.78. The van der Waals surface area contributed by atoms with Crippen LogP contribution in [0.1, 0.15) is 18.4 Å². The number of carbonyl (C=O) groups is 2. The molecule has 2 aromatic carbocycles. The minimum absolute atomic E-state index is 0.241. The monoisotopic (exact) mass is 333 g/mol. The van der Waals surface area contributed by atoms with Crippen LogP contribution in [0.25, 0.3) is 10.9 Å². The molecule has 0 atom stereocenters. The van der Waals surface area contributed by atoms with Crippen molar-refractivity contribution in [1.82, 2.24) is 4.98 Å². The molecule has 5 nitrogen and oxygen atoms in total. The van der Waals surface area contributed by atoms with Gasteiger partial charge in [-0.15, -0.1) is 0 Å². The minimum atomic E-state index is -0.790. The number of primary amides is 1. The van der Waals surface area contributed by atoms with E-state index >= 15 is 0 Å². The number of hydrogen-bond acceptors (Lipinski definition) is 3. The van der Waals surface area contributed by atoms with Crippen molar-refractivity contribution in [2.75, 3.05) is 4.90 Å². The number of aryl methyl sites for hydroxylation is 1. The van der Waals surface area contributed by atoms with Crippen molar-refractivity contribution in [3.63, 3.8) is 0 Å². The Balaban J connectivity index is 1.73. The standard InChI is InChI=1S/C20H19N3O2/c21-20(25)23(17-13-16-10-4-5-11-18(16)22-14-17)19(24)12-6-9-15-7-2-1-3-8-15/h1-5,7-8,10-11,13-14H,6,9,12H2,(H2,21,25). The van der Waals surface area contributed by atoms with Crippen molar-refractivity contribution in [3.05, 3.63) is 72.4 Å². The number of nitrogens with zero attached hydrogens (tertiary/aromatic N) is 2. The van der Waals surface area contributed by atoms with E-state index in [0.717, 1.165) is 27.8 Å². The quantitative estimate of drug-likeness (QED) is 0.774. The lowest BCUT2D eigenvalue weighted by atomic mass is 10.1. The smallest absolute Gasteiger partial charge is 0.326 e. The number of amides is 3. The van der Waals surface area contributed by atoms with Crippen LogP contribution in [0, 0.1) is 0 Å². The third-order valence-corrected chi connectivity index (χ3v) is 4.00. The number of aromatic nitrogens is 1. The number of benzene rings is 2. The number of imide groups is 1. The van der Waals surface area contributed by atoms with Crippen LogP contribution in [0.5, 0.6) is 0 Å². The first-order valence-electron chi connectivity index (χ1n) is 8.16. The topological polar surface area (TPSA) is 76.3 Å². The number of hydrogen-bond donors (Lipinski definition) is 1. The molecule has 0 aliphatic carbocycles. The molecule has 2 N–H and O–H groups in total. The zero-order valence-corrected chi connectivity index (χ0v) is 13.8. The maximum absolute atomic E-state index is 12.5. The van der Waals surface area contributed by atoms with Crippen LogP contribution < -0.4 is 10.6 Å². The summed E-state index contributed by atoms with van der Waals surface area (Å²) >= 11 is 0. The predicted octanol–water partition coefficient (Wildman–Crippen LogP) is 3.67. The summed E-state index contributed by atoms with van der Waals surface area (Å²) in [6.07, 6.45) is 3.16. The lowest BCUT2D eigenvalue weighted by Gasteiger charge is -2.18. The average Bonchev–Trinajstić information content (AvgIpc) is 2.62. The molecule has 3 amide bonds. The van der Waals surface area contributed by atoms with Gasteiger partial charge in [-0.3, -0.25) is 9.78 Å². The first-order valence-corrected chi connectivity index (χ1v) is 8.16. The lowest BCUT2D eigenvalue weighted by Crippen LogP contribution is -2.40. The second-order valence-electron chi connectivity index (χ2n) is 5.79. The van der Waals surface area contributed by atoms with E-state index in [1.807, 2.05) is 54.6 Å². The highest BCUT2D eigenvalue weighted by Gasteiger charge is 2.21. The Bertz CT molecular complexity index is 894. The highest BCUT2D eigenvalue weighted by atomic mass is 16.2. The van der Waals surface area contributed by atoms with Crippen LogP contribution in [0.15, 0.2) is 66.9 Å². The third-order valence-electron chi connectivity index (χ3n) is 4.00. The predicted molar refractivity (Wildman–Crippen MR) is 98.2 cm³/mol. The molecule has 1 aromatic heterocycles. The highest BCUT2D eigenvalue weighted by molar-refractivity contribution is 6.14. The molecule has 25 heavy (non-hydrogen) atoms. The second-order valence-corrected chi connectivity index (χ2v) is 5.79. The van der Waals surface area contributed by atoms with Gasteiger partial charge in [-0.25, -0.2) is 9.69 Å². The molecule has 0 spiro atoms. The highest BCUT2D eigenvalue weighted by Crippen LogP contribution is 2.21. The molecule has 0 saturated heterocycles. The summed E-state index contributed by atoms with van der Waals surface area (Å²) in [7, 11) is 0. The van der Waals surface area contributed by atoms with Gasteiger partial charge in [-0.05, 0) is 30.5 Å². The molecule has 0 radical (unpaired) electrons. The Kier molecular flexibility index (Phi) is 5.04. The van der Waals surface area contributed by atoms with Crippen LogP contribution in [-0.2, 0) is 11.2 Å². The zero-order chi connectivity index (χ0) is 17.6. The molecule has 5 heteroatoms. The summed E-state index contributed by atoms with van der Waals surface area (Å²) in [4.78, 5) is 29.6. The fraction of sp³-hybridized carbons (Fsp3) is 0.150. The fourth-order valence-corrected chi connectivity index (χ4v) is 2.78. The van der Waals surface area contributed by atoms with Gasteiger partial charge in [-0.2, -0.15) is 0 Å². The van der Waals surface area contributed by atoms with Crippen molar-refractivity contribution in [1.29, 1.82) is 0 Å². The van der Waals surface area contributed by atoms with Gasteiger partial charge in [-0.1, -0.05) is 48.5 Å². The third kappa shape index (κ3) is 4.01. The lowest BCUT2D eigenvalue weighted by molar-refractivity contribution is -0.117. The number of carbonyl (C=O) groups excluding carboxylic acids is 2. The number of urea groups is 1. The summed E-state index contributed by atoms with van der Waals surface area (Å²) in [6, 6.07) is 18.4. The van der Waals surface area contributed by atoms with E-state index in [4.69, 9.17) is 5.73 Å². The largest absolute Gasteiger partial charge is 0.351 e. The van der Waals surface area contributed by atoms with Crippen LogP contribution in [0.4, 0.5) is 10.5 Å². The number of pyridine rings is 1. The van der Waals surface area contributed by atoms with Crippen molar-refractivity contribution < 1.29 is 9.59 Å². The number of rotatable bonds is 5. The first-order chi connectivity index (χ1) is 12.1. The van der Waals surface area contributed by atoms with Crippen molar-refractivity contribution in [2.45, 2.75) is 19.3 Å². The molecule has 0 aliphatic rings. The summed E-state index contributed by atoms with van der Waals surface area (Å²) in [6.45, 7) is 0. The number of fused-ring (bicyclic) bond motifs is 1. The van der Waals surface area contributed by atoms with E-state index in [1.165, 1.54) is 6.20 Å². The van der Waals surface area contributed by atoms with Gasteiger partial charge in [0.25, 0.3) is 0 Å². The number of para-hydroxylation sites is 1. The van der Waals surface area contributed by atoms with E-state index in [0.29, 0.717) is 12.1 Å². The van der Waals surface area contributed by atoms with E-state index in [9.17, 15) is 9.59 Å². The van der Waals surface area contributed by atoms with Crippen LogP contribution >= 0.6 is 0 Å². The molecule has 126 valence electrons. The Morgan fingerprint density at radius 1 is 1.00 bits per heavy atom. The van der Waals surface area contributed by atoms with E-state index in [2.05, 4.69) is 4.98 Å². The van der Waals surface area contributed by atoms with E-state index in [-0.39, 0.29) is 12.3 Å². The normalized spacial score (nSPS) is 10.6. The SMILES string of the molecule is NC(=O)N(C(=O)CCCc1ccccc1)c1cnc2ccccc2c1. The first kappa shape index (κ1) is 16.6. The summed E-state index contributed by atoms with van der Waals surface area (Å²) < 4.78 is 0. The Morgan fingerprint density at radius 2 is 1.72 bits per heavy atom. The van der Waals surface area contributed by atoms with Crippen LogP contribution in [0.3, 0.4) is 0 Å². The number of nitrogens with two attached hydrogens (primary N) is 1. The molecule has 3 rings (SSSR count). The summed E-state index contributed by atoms with van der Waals surface area (Å²) in [5.41, 5.74) is 7.79. The molecule has 0 fully saturated rings. The average molecular weight is 333 g/mol. The van der Waals surface area contributed by atoms with Crippen LogP contribution in [-0.4, -0.2) is 16.9 Å². The molecular weight excluding hydrogens is 314 g/mol. The van der Waals surface area contributed by atoms with E-state index in [1.54, 1.807) is 6.07 Å². The Labute approximate surface area is 146 Å². The molecule has 0 bridgehead atoms. The molecule has 1 heterocycles. The molecular formula is C20H19N3O2. The molecule has 3 aromatic rings. The zero-order valence-electron chi connectivity index (χ0n) is 13.8. The summed E-state index contributed by atoms with van der Waals surface area (Å²) in [5, 5.41) is 0.850. The maximum atomic E-state index is 12.5. The van der Waals surface area contributed by atoms with Gasteiger partial charge in [0.05, 0.1) is 17.4 Å². The summed E-state index contributed by atoms with van der Waals surface area (Å²) in [5.74, 6) is -0.319. The molecule has 0 unspecified atom stereocenters. The van der Waals surface area contributed by atoms with Gasteiger partial charge in [0.2, 0.25) is 5.91 Å². The van der Waals surface area contributed by atoms with E-state index < -0.39 is 6.03 Å². The number of anilines is 1. The van der Waals surface area contributed by atoms with Crippen LogP contribution in [0.2, 0.25) is 0 Å². The van der Waals surface area contributed by atoms with Gasteiger partial charge < -0.3 is 5.73 Å².